The molecule has 0 aliphatic carbocycles. The molecule has 1 aliphatic rings. The minimum atomic E-state index is 0.191. The Morgan fingerprint density at radius 3 is 2.83 bits per heavy atom. The molecule has 98 valence electrons. The van der Waals surface area contributed by atoms with Gasteiger partial charge < -0.3 is 10.2 Å². The third kappa shape index (κ3) is 3.10. The van der Waals surface area contributed by atoms with Gasteiger partial charge in [0.25, 0.3) is 0 Å². The Balaban J connectivity index is 2.08. The lowest BCUT2D eigenvalue weighted by molar-refractivity contribution is -0.117. The van der Waals surface area contributed by atoms with Crippen LogP contribution < -0.4 is 10.2 Å². The van der Waals surface area contributed by atoms with Gasteiger partial charge in [-0.2, -0.15) is 0 Å². The number of anilines is 1. The van der Waals surface area contributed by atoms with Gasteiger partial charge in [0.2, 0.25) is 5.91 Å². The summed E-state index contributed by atoms with van der Waals surface area (Å²) in [6.45, 7) is 4.28. The largest absolute Gasteiger partial charge is 0.311 e. The molecular formula is C15H22N2O. The number of rotatable bonds is 5. The van der Waals surface area contributed by atoms with E-state index in [1.54, 1.807) is 0 Å². The third-order valence-electron chi connectivity index (χ3n) is 3.41. The molecular weight excluding hydrogens is 224 g/mol. The highest BCUT2D eigenvalue weighted by molar-refractivity contribution is 5.96. The predicted molar refractivity (Wildman–Crippen MR) is 74.6 cm³/mol. The van der Waals surface area contributed by atoms with Crippen LogP contribution in [0.25, 0.3) is 0 Å². The number of hydrogen-bond donors (Lipinski definition) is 1. The summed E-state index contributed by atoms with van der Waals surface area (Å²) >= 11 is 0. The van der Waals surface area contributed by atoms with Crippen molar-refractivity contribution in [1.82, 2.24) is 5.32 Å². The summed E-state index contributed by atoms with van der Waals surface area (Å²) in [6.07, 6.45) is 4.78. The van der Waals surface area contributed by atoms with Gasteiger partial charge in [0, 0.05) is 18.8 Å². The van der Waals surface area contributed by atoms with E-state index < -0.39 is 0 Å². The van der Waals surface area contributed by atoms with Crippen molar-refractivity contribution < 1.29 is 4.79 Å². The highest BCUT2D eigenvalue weighted by atomic mass is 16.2. The lowest BCUT2D eigenvalue weighted by Gasteiger charge is -2.22. The summed E-state index contributed by atoms with van der Waals surface area (Å²) < 4.78 is 0. The molecule has 0 atom stereocenters. The summed E-state index contributed by atoms with van der Waals surface area (Å²) in [5.74, 6) is 0.191. The topological polar surface area (TPSA) is 32.3 Å². The number of nitrogens with one attached hydrogen (secondary N) is 1. The zero-order valence-electron chi connectivity index (χ0n) is 11.1. The van der Waals surface area contributed by atoms with E-state index in [1.165, 1.54) is 24.8 Å². The lowest BCUT2D eigenvalue weighted by Crippen LogP contribution is -2.36. The summed E-state index contributed by atoms with van der Waals surface area (Å²) in [6, 6.07) is 8.20. The smallest absolute Gasteiger partial charge is 0.240 e. The molecule has 3 heteroatoms. The number of para-hydroxylation sites is 1. The van der Waals surface area contributed by atoms with Crippen LogP contribution in [0.5, 0.6) is 0 Å². The Labute approximate surface area is 109 Å². The first kappa shape index (κ1) is 13.1. The van der Waals surface area contributed by atoms with E-state index in [0.717, 1.165) is 25.2 Å². The van der Waals surface area contributed by atoms with Crippen molar-refractivity contribution in [3.63, 3.8) is 0 Å². The fourth-order valence-corrected chi connectivity index (χ4v) is 2.40. The van der Waals surface area contributed by atoms with Crippen LogP contribution in [0.3, 0.4) is 0 Å². The average Bonchev–Trinajstić information content (AvgIpc) is 2.54. The molecule has 18 heavy (non-hydrogen) atoms. The van der Waals surface area contributed by atoms with Crippen molar-refractivity contribution in [2.24, 2.45) is 0 Å². The van der Waals surface area contributed by atoms with Gasteiger partial charge in [0.1, 0.15) is 0 Å². The van der Waals surface area contributed by atoms with Gasteiger partial charge in [0.05, 0.1) is 6.54 Å². The van der Waals surface area contributed by atoms with Crippen molar-refractivity contribution in [3.8, 4) is 0 Å². The first-order valence-electron chi connectivity index (χ1n) is 6.92. The molecule has 2 rings (SSSR count). The molecule has 1 amide bonds. The molecule has 1 N–H and O–H groups in total. The number of carbonyl (C=O) groups excluding carboxylic acids is 1. The van der Waals surface area contributed by atoms with E-state index in [9.17, 15) is 4.79 Å². The van der Waals surface area contributed by atoms with Crippen LogP contribution in [0.2, 0.25) is 0 Å². The van der Waals surface area contributed by atoms with Crippen molar-refractivity contribution in [2.45, 2.75) is 39.2 Å². The molecule has 0 fully saturated rings. The quantitative estimate of drug-likeness (QED) is 0.810. The molecule has 0 saturated carbocycles. The maximum Gasteiger partial charge on any atom is 0.240 e. The number of benzene rings is 1. The molecule has 0 bridgehead atoms. The molecule has 0 radical (unpaired) electrons. The van der Waals surface area contributed by atoms with Crippen LogP contribution >= 0.6 is 0 Å². The summed E-state index contributed by atoms with van der Waals surface area (Å²) in [4.78, 5) is 14.1. The summed E-state index contributed by atoms with van der Waals surface area (Å²) in [5, 5.41) is 3.19. The Morgan fingerprint density at radius 1 is 1.17 bits per heavy atom. The highest BCUT2D eigenvalue weighted by Crippen LogP contribution is 2.23. The third-order valence-corrected chi connectivity index (χ3v) is 3.41. The molecule has 0 aromatic heterocycles. The molecule has 3 nitrogen and oxygen atoms in total. The fourth-order valence-electron chi connectivity index (χ4n) is 2.40. The van der Waals surface area contributed by atoms with Crippen molar-refractivity contribution in [2.75, 3.05) is 18.0 Å². The van der Waals surface area contributed by atoms with Crippen molar-refractivity contribution in [1.29, 1.82) is 0 Å². The highest BCUT2D eigenvalue weighted by Gasteiger charge is 2.20. The van der Waals surface area contributed by atoms with Gasteiger partial charge in [0.15, 0.2) is 0 Å². The first-order chi connectivity index (χ1) is 8.83. The van der Waals surface area contributed by atoms with E-state index in [0.29, 0.717) is 6.54 Å². The number of unbranched alkanes of at least 4 members (excludes halogenated alkanes) is 3. The monoisotopic (exact) mass is 246 g/mol. The molecule has 1 aromatic rings. The van der Waals surface area contributed by atoms with Gasteiger partial charge in [-0.25, -0.2) is 0 Å². The normalized spacial score (nSPS) is 15.4. The Hall–Kier alpha value is -1.35. The van der Waals surface area contributed by atoms with E-state index in [-0.39, 0.29) is 5.91 Å². The van der Waals surface area contributed by atoms with Crippen LogP contribution in [0.15, 0.2) is 24.3 Å². The fraction of sp³-hybridized carbons (Fsp3) is 0.533. The molecule has 0 spiro atoms. The number of amides is 1. The van der Waals surface area contributed by atoms with Gasteiger partial charge in [-0.3, -0.25) is 4.79 Å². The van der Waals surface area contributed by atoms with Gasteiger partial charge >= 0.3 is 0 Å². The Morgan fingerprint density at radius 2 is 2.00 bits per heavy atom. The van der Waals surface area contributed by atoms with Crippen LogP contribution in [0.1, 0.15) is 38.2 Å². The van der Waals surface area contributed by atoms with Crippen LogP contribution in [0, 0.1) is 0 Å². The maximum absolute atomic E-state index is 12.1. The van der Waals surface area contributed by atoms with Gasteiger partial charge in [-0.1, -0.05) is 44.4 Å². The van der Waals surface area contributed by atoms with Gasteiger partial charge in [-0.15, -0.1) is 0 Å². The van der Waals surface area contributed by atoms with Crippen molar-refractivity contribution in [3.05, 3.63) is 29.8 Å². The van der Waals surface area contributed by atoms with E-state index in [1.807, 2.05) is 17.0 Å². The minimum absolute atomic E-state index is 0.191. The van der Waals surface area contributed by atoms with Crippen LogP contribution in [-0.4, -0.2) is 19.0 Å². The van der Waals surface area contributed by atoms with Crippen LogP contribution in [-0.2, 0) is 11.3 Å². The number of fused-ring (bicyclic) bond motifs is 1. The predicted octanol–water partition coefficient (Wildman–Crippen LogP) is 2.70. The first-order valence-corrected chi connectivity index (χ1v) is 6.92. The SMILES string of the molecule is CCCCCCN1C(=O)CNCc2ccccc21. The molecule has 1 aliphatic heterocycles. The summed E-state index contributed by atoms with van der Waals surface area (Å²) in [7, 11) is 0. The molecule has 0 saturated heterocycles. The second-order valence-electron chi connectivity index (χ2n) is 4.84. The average molecular weight is 246 g/mol. The maximum atomic E-state index is 12.1. The number of nitrogens with zero attached hydrogens (tertiary/aromatic N) is 1. The molecule has 1 heterocycles. The zero-order chi connectivity index (χ0) is 12.8. The summed E-state index contributed by atoms with van der Waals surface area (Å²) in [5.41, 5.74) is 2.31. The standard InChI is InChI=1S/C15H22N2O/c1-2-3-4-7-10-17-14-9-6-5-8-13(14)11-16-12-15(17)18/h5-6,8-9,16H,2-4,7,10-12H2,1H3. The van der Waals surface area contributed by atoms with E-state index in [4.69, 9.17) is 0 Å². The van der Waals surface area contributed by atoms with E-state index in [2.05, 4.69) is 24.4 Å². The number of carbonyl (C=O) groups is 1. The zero-order valence-corrected chi connectivity index (χ0v) is 11.1. The minimum Gasteiger partial charge on any atom is -0.311 e. The van der Waals surface area contributed by atoms with Gasteiger partial charge in [-0.05, 0) is 18.1 Å². The number of hydrogen-bond acceptors (Lipinski definition) is 2. The molecule has 0 unspecified atom stereocenters. The van der Waals surface area contributed by atoms with E-state index >= 15 is 0 Å². The second-order valence-corrected chi connectivity index (χ2v) is 4.84. The molecule has 1 aromatic carbocycles. The Bertz CT molecular complexity index is 403. The second kappa shape index (κ2) is 6.55. The van der Waals surface area contributed by atoms with Crippen molar-refractivity contribution >= 4 is 11.6 Å². The Kier molecular flexibility index (Phi) is 4.76. The lowest BCUT2D eigenvalue weighted by atomic mass is 10.1. The van der Waals surface area contributed by atoms with Crippen LogP contribution in [0.4, 0.5) is 5.69 Å².